The van der Waals surface area contributed by atoms with Gasteiger partial charge >= 0.3 is 5.97 Å². The molecule has 0 aliphatic carbocycles. The van der Waals surface area contributed by atoms with Crippen LogP contribution < -0.4 is 14.2 Å². The van der Waals surface area contributed by atoms with Crippen LogP contribution in [0.4, 0.5) is 0 Å². The van der Waals surface area contributed by atoms with Gasteiger partial charge in [-0.05, 0) is 65.6 Å². The molecule has 0 fully saturated rings. The highest BCUT2D eigenvalue weighted by atomic mass is 35.5. The molecule has 1 N–H and O–H groups in total. The molecule has 40 heavy (non-hydrogen) atoms. The van der Waals surface area contributed by atoms with Gasteiger partial charge in [-0.1, -0.05) is 66.2 Å². The van der Waals surface area contributed by atoms with Crippen LogP contribution in [0, 0.1) is 6.92 Å². The Labute approximate surface area is 241 Å². The van der Waals surface area contributed by atoms with E-state index in [1.165, 1.54) is 0 Å². The van der Waals surface area contributed by atoms with Gasteiger partial charge in [0.15, 0.2) is 6.61 Å². The van der Waals surface area contributed by atoms with E-state index in [-0.39, 0.29) is 6.61 Å². The largest absolute Gasteiger partial charge is 0.495 e. The fourth-order valence-corrected chi connectivity index (χ4v) is 5.50. The lowest BCUT2D eigenvalue weighted by atomic mass is 10.0. The SMILES string of the molecule is COc1ccc(-c2nc(COc3ccc(OCC(=O)O)c(C)c3)sc2-c2ccc(-c3ccccc3)cc2)cc1Cl. The first-order valence-electron chi connectivity index (χ1n) is 12.5. The van der Waals surface area contributed by atoms with Crippen molar-refractivity contribution in [1.29, 1.82) is 0 Å². The fraction of sp³-hybridized carbons (Fsp3) is 0.125. The van der Waals surface area contributed by atoms with Crippen LogP contribution in [0.15, 0.2) is 91.0 Å². The highest BCUT2D eigenvalue weighted by molar-refractivity contribution is 7.15. The fourth-order valence-electron chi connectivity index (χ4n) is 4.23. The van der Waals surface area contributed by atoms with Gasteiger partial charge in [0.05, 0.1) is 22.7 Å². The zero-order valence-electron chi connectivity index (χ0n) is 21.9. The van der Waals surface area contributed by atoms with E-state index in [9.17, 15) is 4.79 Å². The molecule has 1 aromatic heterocycles. The van der Waals surface area contributed by atoms with E-state index in [0.29, 0.717) is 22.3 Å². The second-order valence-corrected chi connectivity index (χ2v) is 10.5. The molecule has 0 amide bonds. The summed E-state index contributed by atoms with van der Waals surface area (Å²) in [7, 11) is 1.59. The zero-order chi connectivity index (χ0) is 28.1. The molecule has 0 atom stereocenters. The van der Waals surface area contributed by atoms with E-state index < -0.39 is 12.6 Å². The number of carbonyl (C=O) groups is 1. The third-order valence-electron chi connectivity index (χ3n) is 6.21. The van der Waals surface area contributed by atoms with Crippen molar-refractivity contribution < 1.29 is 24.1 Å². The number of aliphatic carboxylic acids is 1. The van der Waals surface area contributed by atoms with Gasteiger partial charge in [-0.15, -0.1) is 11.3 Å². The number of carboxylic acids is 1. The first-order valence-corrected chi connectivity index (χ1v) is 13.7. The number of ether oxygens (including phenoxy) is 3. The van der Waals surface area contributed by atoms with Crippen LogP contribution in [0.2, 0.25) is 5.02 Å². The van der Waals surface area contributed by atoms with Crippen LogP contribution in [0.25, 0.3) is 32.8 Å². The molecule has 5 aromatic rings. The van der Waals surface area contributed by atoms with E-state index >= 15 is 0 Å². The van der Waals surface area contributed by atoms with Gasteiger partial charge in [0.25, 0.3) is 0 Å². The maximum atomic E-state index is 10.8. The molecule has 0 aliphatic heterocycles. The Hall–Kier alpha value is -4.33. The van der Waals surface area contributed by atoms with Crippen LogP contribution in [0.5, 0.6) is 17.2 Å². The summed E-state index contributed by atoms with van der Waals surface area (Å²) in [6.07, 6.45) is 0. The van der Waals surface area contributed by atoms with Crippen molar-refractivity contribution in [3.8, 4) is 50.1 Å². The summed E-state index contributed by atoms with van der Waals surface area (Å²) in [6, 6.07) is 29.6. The Kier molecular flexibility index (Phi) is 8.34. The number of aryl methyl sites for hydroxylation is 1. The average molecular weight is 572 g/mol. The molecular formula is C32H26ClNO5S. The second-order valence-electron chi connectivity index (χ2n) is 8.98. The number of aromatic nitrogens is 1. The molecule has 0 saturated carbocycles. The van der Waals surface area contributed by atoms with Crippen LogP contribution >= 0.6 is 22.9 Å². The molecule has 5 rings (SSSR count). The number of hydrogen-bond acceptors (Lipinski definition) is 6. The van der Waals surface area contributed by atoms with Crippen molar-refractivity contribution in [2.45, 2.75) is 13.5 Å². The minimum atomic E-state index is -1.03. The third kappa shape index (κ3) is 6.28. The summed E-state index contributed by atoms with van der Waals surface area (Å²) < 4.78 is 16.7. The lowest BCUT2D eigenvalue weighted by molar-refractivity contribution is -0.139. The number of hydrogen-bond donors (Lipinski definition) is 1. The number of nitrogens with zero attached hydrogens (tertiary/aromatic N) is 1. The Bertz CT molecular complexity index is 1630. The van der Waals surface area contributed by atoms with Gasteiger partial charge in [0, 0.05) is 5.56 Å². The predicted molar refractivity (Wildman–Crippen MR) is 159 cm³/mol. The van der Waals surface area contributed by atoms with Gasteiger partial charge in [0.2, 0.25) is 0 Å². The highest BCUT2D eigenvalue weighted by Crippen LogP contribution is 2.40. The van der Waals surface area contributed by atoms with E-state index in [2.05, 4.69) is 36.4 Å². The maximum Gasteiger partial charge on any atom is 0.341 e. The Morgan fingerprint density at radius 2 is 1.52 bits per heavy atom. The number of rotatable bonds is 10. The summed E-state index contributed by atoms with van der Waals surface area (Å²) in [5.41, 5.74) is 5.81. The van der Waals surface area contributed by atoms with Gasteiger partial charge in [-0.3, -0.25) is 0 Å². The summed E-state index contributed by atoms with van der Waals surface area (Å²) in [5, 5.41) is 10.2. The first kappa shape index (κ1) is 27.2. The van der Waals surface area contributed by atoms with E-state index in [1.54, 1.807) is 30.6 Å². The van der Waals surface area contributed by atoms with Crippen molar-refractivity contribution in [2.24, 2.45) is 0 Å². The molecule has 202 valence electrons. The van der Waals surface area contributed by atoms with Gasteiger partial charge < -0.3 is 19.3 Å². The number of thiazole rings is 1. The molecule has 1 heterocycles. The lowest BCUT2D eigenvalue weighted by Crippen LogP contribution is -2.10. The van der Waals surface area contributed by atoms with E-state index in [4.69, 9.17) is 35.9 Å². The normalized spacial score (nSPS) is 10.8. The molecule has 8 heteroatoms. The standard InChI is InChI=1S/C32H26ClNO5S/c1-20-16-25(13-15-27(20)39-19-30(35)36)38-18-29-34-31(24-12-14-28(37-2)26(33)17-24)32(40-29)23-10-8-22(9-11-23)21-6-4-3-5-7-21/h3-17H,18-19H2,1-2H3,(H,35,36). The van der Waals surface area contributed by atoms with Crippen molar-refractivity contribution in [1.82, 2.24) is 4.98 Å². The van der Waals surface area contributed by atoms with Crippen LogP contribution in [-0.2, 0) is 11.4 Å². The van der Waals surface area contributed by atoms with Crippen LogP contribution in [-0.4, -0.2) is 29.8 Å². The molecule has 6 nitrogen and oxygen atoms in total. The van der Waals surface area contributed by atoms with Crippen molar-refractivity contribution >= 4 is 28.9 Å². The molecule has 0 aliphatic rings. The number of halogens is 1. The quantitative estimate of drug-likeness (QED) is 0.182. The minimum absolute atomic E-state index is 0.262. The van der Waals surface area contributed by atoms with Gasteiger partial charge in [-0.2, -0.15) is 0 Å². The van der Waals surface area contributed by atoms with Crippen molar-refractivity contribution in [3.63, 3.8) is 0 Å². The molecule has 0 bridgehead atoms. The van der Waals surface area contributed by atoms with Crippen LogP contribution in [0.1, 0.15) is 10.6 Å². The number of methoxy groups -OCH3 is 1. The summed E-state index contributed by atoms with van der Waals surface area (Å²) in [6.45, 7) is 1.71. The summed E-state index contributed by atoms with van der Waals surface area (Å²) in [4.78, 5) is 16.8. The van der Waals surface area contributed by atoms with E-state index in [0.717, 1.165) is 43.4 Å². The van der Waals surface area contributed by atoms with E-state index in [1.807, 2.05) is 49.4 Å². The Balaban J connectivity index is 1.43. The third-order valence-corrected chi connectivity index (χ3v) is 7.58. The molecule has 0 saturated heterocycles. The minimum Gasteiger partial charge on any atom is -0.495 e. The summed E-state index contributed by atoms with van der Waals surface area (Å²) in [5.74, 6) is 0.717. The van der Waals surface area contributed by atoms with Crippen molar-refractivity contribution in [2.75, 3.05) is 13.7 Å². The predicted octanol–water partition coefficient (Wildman–Crippen LogP) is 8.16. The average Bonchev–Trinajstić information content (AvgIpc) is 3.40. The van der Waals surface area contributed by atoms with Gasteiger partial charge in [0.1, 0.15) is 28.9 Å². The Morgan fingerprint density at radius 1 is 0.850 bits per heavy atom. The maximum absolute atomic E-state index is 10.8. The molecular weight excluding hydrogens is 546 g/mol. The zero-order valence-corrected chi connectivity index (χ0v) is 23.5. The molecule has 0 unspecified atom stereocenters. The molecule has 0 radical (unpaired) electrons. The molecule has 4 aromatic carbocycles. The first-order chi connectivity index (χ1) is 19.4. The number of benzene rings is 4. The van der Waals surface area contributed by atoms with Gasteiger partial charge in [-0.25, -0.2) is 9.78 Å². The molecule has 0 spiro atoms. The topological polar surface area (TPSA) is 77.9 Å². The Morgan fingerprint density at radius 3 is 2.20 bits per heavy atom. The van der Waals surface area contributed by atoms with Crippen molar-refractivity contribution in [3.05, 3.63) is 107 Å². The highest BCUT2D eigenvalue weighted by Gasteiger charge is 2.17. The summed E-state index contributed by atoms with van der Waals surface area (Å²) >= 11 is 8.03. The smallest absolute Gasteiger partial charge is 0.341 e. The second kappa shape index (κ2) is 12.2. The lowest BCUT2D eigenvalue weighted by Gasteiger charge is -2.09. The monoisotopic (exact) mass is 571 g/mol. The number of carboxylic acid groups (broad SMARTS) is 1. The van der Waals surface area contributed by atoms with Crippen LogP contribution in [0.3, 0.4) is 0 Å².